The van der Waals surface area contributed by atoms with Gasteiger partial charge in [0.05, 0.1) is 0 Å². The molecule has 0 spiro atoms. The Hall–Kier alpha value is -0.0800. The highest BCUT2D eigenvalue weighted by atomic mass is 16.3. The van der Waals surface area contributed by atoms with Gasteiger partial charge in [-0.05, 0) is 30.6 Å². The fourth-order valence-corrected chi connectivity index (χ4v) is 3.17. The van der Waals surface area contributed by atoms with Gasteiger partial charge in [-0.3, -0.25) is 0 Å². The van der Waals surface area contributed by atoms with Crippen LogP contribution in [-0.4, -0.2) is 24.8 Å². The Bertz CT molecular complexity index is 217. The first kappa shape index (κ1) is 15.0. The molecule has 0 radical (unpaired) electrons. The second kappa shape index (κ2) is 6.19. The summed E-state index contributed by atoms with van der Waals surface area (Å²) in [5, 5.41) is 12.9. The van der Waals surface area contributed by atoms with E-state index in [2.05, 4.69) is 33.0 Å². The van der Waals surface area contributed by atoms with Crippen molar-refractivity contribution in [3.8, 4) is 0 Å². The van der Waals surface area contributed by atoms with Crippen LogP contribution in [0.5, 0.6) is 0 Å². The van der Waals surface area contributed by atoms with Crippen LogP contribution in [0.15, 0.2) is 0 Å². The molecule has 0 aromatic heterocycles. The fourth-order valence-electron chi connectivity index (χ4n) is 3.17. The first-order chi connectivity index (χ1) is 7.89. The van der Waals surface area contributed by atoms with E-state index in [1.807, 2.05) is 0 Å². The quantitative estimate of drug-likeness (QED) is 0.717. The van der Waals surface area contributed by atoms with Crippen LogP contribution >= 0.6 is 0 Å². The summed E-state index contributed by atoms with van der Waals surface area (Å²) in [6.07, 6.45) is 6.92. The standard InChI is InChI=1S/C15H31NO/c1-13(2)9-15(7-5-6-8-15)11-16-10-14(3,4)12-17/h13,16-17H,5-12H2,1-4H3. The van der Waals surface area contributed by atoms with Crippen molar-refractivity contribution in [2.45, 2.75) is 59.8 Å². The third kappa shape index (κ3) is 4.97. The van der Waals surface area contributed by atoms with Crippen molar-refractivity contribution < 1.29 is 5.11 Å². The van der Waals surface area contributed by atoms with Gasteiger partial charge in [0.15, 0.2) is 0 Å². The lowest BCUT2D eigenvalue weighted by Crippen LogP contribution is -2.39. The zero-order valence-corrected chi connectivity index (χ0v) is 12.2. The maximum Gasteiger partial charge on any atom is 0.0494 e. The van der Waals surface area contributed by atoms with Gasteiger partial charge < -0.3 is 10.4 Å². The molecule has 0 atom stereocenters. The van der Waals surface area contributed by atoms with Gasteiger partial charge in [0.1, 0.15) is 0 Å². The third-order valence-electron chi connectivity index (χ3n) is 4.04. The maximum absolute atomic E-state index is 9.26. The van der Waals surface area contributed by atoms with Gasteiger partial charge in [-0.2, -0.15) is 0 Å². The summed E-state index contributed by atoms with van der Waals surface area (Å²) in [6.45, 7) is 11.2. The van der Waals surface area contributed by atoms with Gasteiger partial charge in [-0.15, -0.1) is 0 Å². The number of hydrogen-bond donors (Lipinski definition) is 2. The lowest BCUT2D eigenvalue weighted by molar-refractivity contribution is 0.145. The molecule has 102 valence electrons. The fraction of sp³-hybridized carbons (Fsp3) is 1.00. The maximum atomic E-state index is 9.26. The molecule has 0 amide bonds. The average molecular weight is 241 g/mol. The minimum atomic E-state index is 0.0115. The molecule has 0 aromatic rings. The number of nitrogens with one attached hydrogen (secondary N) is 1. The monoisotopic (exact) mass is 241 g/mol. The van der Waals surface area contributed by atoms with Crippen LogP contribution in [0.4, 0.5) is 0 Å². The molecule has 0 heterocycles. The second-order valence-electron chi connectivity index (χ2n) is 7.23. The van der Waals surface area contributed by atoms with Gasteiger partial charge in [0, 0.05) is 25.1 Å². The summed E-state index contributed by atoms with van der Waals surface area (Å²) in [5.41, 5.74) is 0.553. The van der Waals surface area contributed by atoms with Crippen molar-refractivity contribution in [1.82, 2.24) is 5.32 Å². The summed E-state index contributed by atoms with van der Waals surface area (Å²) in [5.74, 6) is 0.792. The van der Waals surface area contributed by atoms with E-state index in [0.717, 1.165) is 19.0 Å². The van der Waals surface area contributed by atoms with Crippen molar-refractivity contribution in [3.05, 3.63) is 0 Å². The zero-order valence-electron chi connectivity index (χ0n) is 12.2. The first-order valence-electron chi connectivity index (χ1n) is 7.21. The minimum absolute atomic E-state index is 0.0115. The van der Waals surface area contributed by atoms with E-state index in [1.54, 1.807) is 0 Å². The summed E-state index contributed by atoms with van der Waals surface area (Å²) < 4.78 is 0. The molecule has 1 aliphatic carbocycles. The van der Waals surface area contributed by atoms with E-state index in [1.165, 1.54) is 32.1 Å². The van der Waals surface area contributed by atoms with E-state index < -0.39 is 0 Å². The number of aliphatic hydroxyl groups excluding tert-OH is 1. The molecule has 2 nitrogen and oxygen atoms in total. The molecule has 2 N–H and O–H groups in total. The van der Waals surface area contributed by atoms with Crippen LogP contribution in [0.2, 0.25) is 0 Å². The topological polar surface area (TPSA) is 32.3 Å². The Morgan fingerprint density at radius 1 is 1.24 bits per heavy atom. The molecular formula is C15H31NO. The van der Waals surface area contributed by atoms with Crippen molar-refractivity contribution in [3.63, 3.8) is 0 Å². The molecule has 0 aliphatic heterocycles. The van der Waals surface area contributed by atoms with E-state index >= 15 is 0 Å². The summed E-state index contributed by atoms with van der Waals surface area (Å²) in [7, 11) is 0. The van der Waals surface area contributed by atoms with Gasteiger partial charge in [0.2, 0.25) is 0 Å². The van der Waals surface area contributed by atoms with Crippen molar-refractivity contribution >= 4 is 0 Å². The van der Waals surface area contributed by atoms with Crippen LogP contribution in [0.1, 0.15) is 59.8 Å². The lowest BCUT2D eigenvalue weighted by Gasteiger charge is -2.33. The number of aliphatic hydroxyl groups is 1. The molecule has 1 rings (SSSR count). The zero-order chi connectivity index (χ0) is 12.9. The number of rotatable bonds is 7. The Morgan fingerprint density at radius 2 is 1.82 bits per heavy atom. The molecule has 1 saturated carbocycles. The molecule has 0 bridgehead atoms. The Labute approximate surface area is 107 Å². The lowest BCUT2D eigenvalue weighted by atomic mass is 9.78. The highest BCUT2D eigenvalue weighted by molar-refractivity contribution is 4.88. The van der Waals surface area contributed by atoms with Crippen LogP contribution in [0.25, 0.3) is 0 Å². The van der Waals surface area contributed by atoms with Crippen LogP contribution < -0.4 is 5.32 Å². The number of hydrogen-bond acceptors (Lipinski definition) is 2. The van der Waals surface area contributed by atoms with Crippen molar-refractivity contribution in [2.24, 2.45) is 16.7 Å². The van der Waals surface area contributed by atoms with E-state index in [0.29, 0.717) is 5.41 Å². The molecule has 0 aromatic carbocycles. The molecule has 0 saturated heterocycles. The predicted molar refractivity (Wildman–Crippen MR) is 74.1 cm³/mol. The summed E-state index contributed by atoms with van der Waals surface area (Å²) in [6, 6.07) is 0. The van der Waals surface area contributed by atoms with Gasteiger partial charge >= 0.3 is 0 Å². The van der Waals surface area contributed by atoms with E-state index in [9.17, 15) is 5.11 Å². The Morgan fingerprint density at radius 3 is 2.29 bits per heavy atom. The molecule has 1 aliphatic rings. The Kier molecular flexibility index (Phi) is 5.46. The summed E-state index contributed by atoms with van der Waals surface area (Å²) >= 11 is 0. The largest absolute Gasteiger partial charge is 0.396 e. The van der Waals surface area contributed by atoms with Crippen LogP contribution in [0.3, 0.4) is 0 Å². The van der Waals surface area contributed by atoms with Gasteiger partial charge in [0.25, 0.3) is 0 Å². The van der Waals surface area contributed by atoms with Gasteiger partial charge in [-0.25, -0.2) is 0 Å². The normalized spacial score (nSPS) is 20.1. The van der Waals surface area contributed by atoms with Crippen molar-refractivity contribution in [1.29, 1.82) is 0 Å². The highest BCUT2D eigenvalue weighted by Crippen LogP contribution is 2.42. The van der Waals surface area contributed by atoms with E-state index in [4.69, 9.17) is 0 Å². The van der Waals surface area contributed by atoms with Crippen molar-refractivity contribution in [2.75, 3.05) is 19.7 Å². The Balaban J connectivity index is 2.40. The smallest absolute Gasteiger partial charge is 0.0494 e. The molecule has 2 heteroatoms. The van der Waals surface area contributed by atoms with Crippen LogP contribution in [-0.2, 0) is 0 Å². The summed E-state index contributed by atoms with van der Waals surface area (Å²) in [4.78, 5) is 0. The third-order valence-corrected chi connectivity index (χ3v) is 4.04. The van der Waals surface area contributed by atoms with E-state index in [-0.39, 0.29) is 12.0 Å². The average Bonchev–Trinajstić information content (AvgIpc) is 2.65. The van der Waals surface area contributed by atoms with Gasteiger partial charge in [-0.1, -0.05) is 40.5 Å². The van der Waals surface area contributed by atoms with Crippen LogP contribution in [0, 0.1) is 16.7 Å². The first-order valence-corrected chi connectivity index (χ1v) is 7.21. The minimum Gasteiger partial charge on any atom is -0.396 e. The predicted octanol–water partition coefficient (Wildman–Crippen LogP) is 3.20. The highest BCUT2D eigenvalue weighted by Gasteiger charge is 2.34. The SMILES string of the molecule is CC(C)CC1(CNCC(C)(C)CO)CCCC1. The molecule has 0 unspecified atom stereocenters. The second-order valence-corrected chi connectivity index (χ2v) is 7.23. The molecule has 1 fully saturated rings. The molecular weight excluding hydrogens is 210 g/mol. The molecule has 17 heavy (non-hydrogen) atoms.